The summed E-state index contributed by atoms with van der Waals surface area (Å²) in [7, 11) is 0. The quantitative estimate of drug-likeness (QED) is 0.740. The average molecular weight is 229 g/mol. The Bertz CT molecular complexity index is 552. The van der Waals surface area contributed by atoms with E-state index in [1.165, 1.54) is 11.6 Å². The van der Waals surface area contributed by atoms with Gasteiger partial charge in [-0.3, -0.25) is 0 Å². The summed E-state index contributed by atoms with van der Waals surface area (Å²) in [5, 5.41) is 12.5. The third kappa shape index (κ3) is 2.30. The minimum absolute atomic E-state index is 0.0491. The molecular weight excluding hydrogens is 214 g/mol. The Kier molecular flexibility index (Phi) is 2.87. The van der Waals surface area contributed by atoms with Crippen molar-refractivity contribution in [3.8, 4) is 5.88 Å². The van der Waals surface area contributed by atoms with Gasteiger partial charge in [0.2, 0.25) is 5.88 Å². The van der Waals surface area contributed by atoms with Crippen molar-refractivity contribution >= 4 is 17.2 Å². The third-order valence-corrected chi connectivity index (χ3v) is 2.77. The van der Waals surface area contributed by atoms with Crippen LogP contribution in [0.1, 0.15) is 11.1 Å². The first-order chi connectivity index (χ1) is 8.08. The highest BCUT2D eigenvalue weighted by Gasteiger charge is 2.05. The van der Waals surface area contributed by atoms with Gasteiger partial charge in [-0.1, -0.05) is 12.1 Å². The molecule has 0 aliphatic rings. The Morgan fingerprint density at radius 3 is 2.71 bits per heavy atom. The molecule has 0 spiro atoms. The van der Waals surface area contributed by atoms with Crippen molar-refractivity contribution in [1.82, 2.24) is 4.98 Å². The number of nitrogen functional groups attached to an aromatic ring is 1. The van der Waals surface area contributed by atoms with Gasteiger partial charge >= 0.3 is 0 Å². The Balaban J connectivity index is 2.38. The van der Waals surface area contributed by atoms with Crippen LogP contribution in [0.5, 0.6) is 5.88 Å². The molecule has 1 aromatic heterocycles. The summed E-state index contributed by atoms with van der Waals surface area (Å²) < 4.78 is 0. The second kappa shape index (κ2) is 4.33. The molecule has 4 nitrogen and oxygen atoms in total. The lowest BCUT2D eigenvalue weighted by atomic mass is 10.1. The number of hydrogen-bond acceptors (Lipinski definition) is 4. The molecule has 0 atom stereocenters. The fourth-order valence-electron chi connectivity index (χ4n) is 1.57. The Labute approximate surface area is 100 Å². The van der Waals surface area contributed by atoms with Crippen LogP contribution in [0, 0.1) is 13.8 Å². The minimum Gasteiger partial charge on any atom is -0.493 e. The number of nitrogens with two attached hydrogens (primary N) is 1. The van der Waals surface area contributed by atoms with Crippen molar-refractivity contribution in [2.24, 2.45) is 0 Å². The minimum atomic E-state index is -0.0491. The molecule has 0 radical (unpaired) electrons. The van der Waals surface area contributed by atoms with Crippen LogP contribution in [-0.2, 0) is 0 Å². The lowest BCUT2D eigenvalue weighted by Crippen LogP contribution is -2.00. The lowest BCUT2D eigenvalue weighted by molar-refractivity contribution is 0.454. The van der Waals surface area contributed by atoms with Crippen LogP contribution in [0.3, 0.4) is 0 Å². The van der Waals surface area contributed by atoms with Crippen LogP contribution in [0.15, 0.2) is 30.3 Å². The molecule has 2 rings (SSSR count). The van der Waals surface area contributed by atoms with Gasteiger partial charge < -0.3 is 16.2 Å². The summed E-state index contributed by atoms with van der Waals surface area (Å²) in [5.41, 5.74) is 9.56. The molecule has 0 unspecified atom stereocenters. The van der Waals surface area contributed by atoms with Crippen LogP contribution < -0.4 is 11.1 Å². The largest absolute Gasteiger partial charge is 0.493 e. The predicted molar refractivity (Wildman–Crippen MR) is 69.5 cm³/mol. The van der Waals surface area contributed by atoms with Crippen LogP contribution in [0.2, 0.25) is 0 Å². The summed E-state index contributed by atoms with van der Waals surface area (Å²) in [6, 6.07) is 9.04. The van der Waals surface area contributed by atoms with Gasteiger partial charge in [0.05, 0.1) is 5.69 Å². The van der Waals surface area contributed by atoms with Crippen LogP contribution in [-0.4, -0.2) is 10.1 Å². The zero-order valence-electron chi connectivity index (χ0n) is 9.86. The number of aromatic nitrogens is 1. The maximum Gasteiger partial charge on any atom is 0.212 e. The van der Waals surface area contributed by atoms with Gasteiger partial charge in [-0.05, 0) is 37.1 Å². The Hall–Kier alpha value is -2.23. The highest BCUT2D eigenvalue weighted by atomic mass is 16.3. The van der Waals surface area contributed by atoms with Gasteiger partial charge in [-0.2, -0.15) is 4.98 Å². The molecule has 2 aromatic rings. The molecule has 0 saturated carbocycles. The van der Waals surface area contributed by atoms with Gasteiger partial charge in [0.15, 0.2) is 5.82 Å². The van der Waals surface area contributed by atoms with Crippen molar-refractivity contribution in [3.05, 3.63) is 41.5 Å². The van der Waals surface area contributed by atoms with E-state index in [0.717, 1.165) is 11.3 Å². The molecule has 0 aliphatic heterocycles. The molecule has 1 aromatic carbocycles. The number of anilines is 3. The monoisotopic (exact) mass is 229 g/mol. The highest BCUT2D eigenvalue weighted by Crippen LogP contribution is 2.26. The Morgan fingerprint density at radius 1 is 1.18 bits per heavy atom. The van der Waals surface area contributed by atoms with Crippen LogP contribution >= 0.6 is 0 Å². The fraction of sp³-hybridized carbons (Fsp3) is 0.154. The van der Waals surface area contributed by atoms with Crippen molar-refractivity contribution in [2.45, 2.75) is 13.8 Å². The van der Waals surface area contributed by atoms with Crippen molar-refractivity contribution < 1.29 is 5.11 Å². The number of pyridine rings is 1. The predicted octanol–water partition coefficient (Wildman–Crippen LogP) is 2.73. The second-order valence-corrected chi connectivity index (χ2v) is 3.98. The van der Waals surface area contributed by atoms with E-state index in [1.54, 1.807) is 6.07 Å². The number of aryl methyl sites for hydroxylation is 1. The number of rotatable bonds is 2. The first-order valence-corrected chi connectivity index (χ1v) is 5.36. The smallest absolute Gasteiger partial charge is 0.212 e. The molecule has 4 heteroatoms. The average Bonchev–Trinajstić information content (AvgIpc) is 2.30. The first kappa shape index (κ1) is 11.3. The molecule has 17 heavy (non-hydrogen) atoms. The number of nitrogens with one attached hydrogen (secondary N) is 1. The number of nitrogens with zero attached hydrogens (tertiary/aromatic N) is 1. The first-order valence-electron chi connectivity index (χ1n) is 5.36. The van der Waals surface area contributed by atoms with Crippen LogP contribution in [0.25, 0.3) is 0 Å². The van der Waals surface area contributed by atoms with Crippen molar-refractivity contribution in [1.29, 1.82) is 0 Å². The molecule has 4 N–H and O–H groups in total. The Morgan fingerprint density at radius 2 is 1.94 bits per heavy atom. The molecule has 0 saturated heterocycles. The fourth-order valence-corrected chi connectivity index (χ4v) is 1.57. The maximum atomic E-state index is 9.33. The van der Waals surface area contributed by atoms with Gasteiger partial charge in [-0.15, -0.1) is 0 Å². The van der Waals surface area contributed by atoms with Gasteiger partial charge in [0.1, 0.15) is 0 Å². The second-order valence-electron chi connectivity index (χ2n) is 3.98. The molecular formula is C13H15N3O. The summed E-state index contributed by atoms with van der Waals surface area (Å²) in [6.07, 6.45) is 0. The lowest BCUT2D eigenvalue weighted by Gasteiger charge is -2.12. The number of aromatic hydroxyl groups is 1. The van der Waals surface area contributed by atoms with E-state index in [2.05, 4.69) is 10.3 Å². The van der Waals surface area contributed by atoms with E-state index in [4.69, 9.17) is 5.73 Å². The van der Waals surface area contributed by atoms with E-state index < -0.39 is 0 Å². The van der Waals surface area contributed by atoms with Gasteiger partial charge in [0, 0.05) is 11.8 Å². The molecule has 0 aliphatic carbocycles. The van der Waals surface area contributed by atoms with Gasteiger partial charge in [-0.25, -0.2) is 0 Å². The molecule has 0 bridgehead atoms. The van der Waals surface area contributed by atoms with Crippen molar-refractivity contribution in [3.63, 3.8) is 0 Å². The van der Waals surface area contributed by atoms with Crippen LogP contribution in [0.4, 0.5) is 17.2 Å². The third-order valence-electron chi connectivity index (χ3n) is 2.77. The van der Waals surface area contributed by atoms with E-state index in [0.29, 0.717) is 11.5 Å². The van der Waals surface area contributed by atoms with E-state index in [-0.39, 0.29) is 5.88 Å². The van der Waals surface area contributed by atoms with Gasteiger partial charge in [0.25, 0.3) is 0 Å². The highest BCUT2D eigenvalue weighted by molar-refractivity contribution is 5.71. The number of benzene rings is 1. The summed E-state index contributed by atoms with van der Waals surface area (Å²) in [5.74, 6) is 0.422. The molecule has 0 amide bonds. The van der Waals surface area contributed by atoms with Crippen molar-refractivity contribution in [2.75, 3.05) is 11.1 Å². The topological polar surface area (TPSA) is 71.2 Å². The standard InChI is InChI=1S/C13H15N3O/c1-8-4-3-5-11(9(8)2)15-13-10(14)6-7-12(17)16-13/h3-7H,14H2,1-2H3,(H2,15,16,17). The van der Waals surface area contributed by atoms with E-state index in [1.807, 2.05) is 32.0 Å². The summed E-state index contributed by atoms with van der Waals surface area (Å²) >= 11 is 0. The maximum absolute atomic E-state index is 9.33. The molecule has 0 fully saturated rings. The number of hydrogen-bond donors (Lipinski definition) is 3. The zero-order chi connectivity index (χ0) is 12.4. The summed E-state index contributed by atoms with van der Waals surface area (Å²) in [4.78, 5) is 3.96. The molecule has 88 valence electrons. The SMILES string of the molecule is Cc1cccc(Nc2nc(O)ccc2N)c1C. The van der Waals surface area contributed by atoms with E-state index in [9.17, 15) is 5.11 Å². The normalized spacial score (nSPS) is 10.2. The van der Waals surface area contributed by atoms with E-state index >= 15 is 0 Å². The summed E-state index contributed by atoms with van der Waals surface area (Å²) in [6.45, 7) is 4.07. The molecule has 1 heterocycles. The zero-order valence-corrected chi connectivity index (χ0v) is 9.86.